The average Bonchev–Trinajstić information content (AvgIpc) is 3.04. The summed E-state index contributed by atoms with van der Waals surface area (Å²) in [6.07, 6.45) is 3.60. The first-order chi connectivity index (χ1) is 10.2. The maximum atomic E-state index is 4.96. The summed E-state index contributed by atoms with van der Waals surface area (Å²) in [7, 11) is 0. The van der Waals surface area contributed by atoms with Crippen LogP contribution in [-0.2, 0) is 25.9 Å². The van der Waals surface area contributed by atoms with E-state index in [1.807, 2.05) is 0 Å². The lowest BCUT2D eigenvalue weighted by molar-refractivity contribution is 0.329. The molecule has 118 valence electrons. The van der Waals surface area contributed by atoms with Crippen molar-refractivity contribution in [3.05, 3.63) is 17.2 Å². The van der Waals surface area contributed by atoms with Crippen molar-refractivity contribution in [3.8, 4) is 0 Å². The molecule has 0 amide bonds. The fraction of sp³-hybridized carbons (Fsp3) is 0.824. The molecule has 0 spiro atoms. The van der Waals surface area contributed by atoms with E-state index >= 15 is 0 Å². The van der Waals surface area contributed by atoms with Crippen molar-refractivity contribution in [1.29, 1.82) is 0 Å². The van der Waals surface area contributed by atoms with E-state index in [1.54, 1.807) is 0 Å². The van der Waals surface area contributed by atoms with Gasteiger partial charge in [-0.1, -0.05) is 20.8 Å². The molecule has 1 saturated heterocycles. The molecular formula is C17H30N4. The smallest absolute Gasteiger partial charge is 0.109 e. The fourth-order valence-electron chi connectivity index (χ4n) is 3.77. The SMILES string of the molecule is CCN1CCC(Cn2c(CC(C)C)nc3c2CCNC3)C1. The molecule has 2 aliphatic rings. The molecule has 0 aromatic carbocycles. The summed E-state index contributed by atoms with van der Waals surface area (Å²) >= 11 is 0. The Morgan fingerprint density at radius 2 is 2.24 bits per heavy atom. The fourth-order valence-corrected chi connectivity index (χ4v) is 3.77. The Hall–Kier alpha value is -0.870. The molecule has 3 heterocycles. The average molecular weight is 290 g/mol. The second kappa shape index (κ2) is 6.49. The Bertz CT molecular complexity index is 477. The van der Waals surface area contributed by atoms with Gasteiger partial charge in [-0.2, -0.15) is 0 Å². The van der Waals surface area contributed by atoms with Gasteiger partial charge >= 0.3 is 0 Å². The van der Waals surface area contributed by atoms with Crippen LogP contribution in [0.15, 0.2) is 0 Å². The first-order valence-corrected chi connectivity index (χ1v) is 8.67. The van der Waals surface area contributed by atoms with Gasteiger partial charge in [-0.25, -0.2) is 4.98 Å². The van der Waals surface area contributed by atoms with Crippen molar-refractivity contribution < 1.29 is 0 Å². The largest absolute Gasteiger partial charge is 0.331 e. The van der Waals surface area contributed by atoms with Crippen LogP contribution in [0.4, 0.5) is 0 Å². The number of fused-ring (bicyclic) bond motifs is 1. The molecule has 21 heavy (non-hydrogen) atoms. The molecule has 0 aliphatic carbocycles. The molecule has 1 aromatic rings. The molecule has 1 aromatic heterocycles. The Morgan fingerprint density at radius 3 is 2.95 bits per heavy atom. The van der Waals surface area contributed by atoms with E-state index in [4.69, 9.17) is 4.98 Å². The van der Waals surface area contributed by atoms with Gasteiger partial charge in [0.15, 0.2) is 0 Å². The van der Waals surface area contributed by atoms with E-state index in [0.29, 0.717) is 5.92 Å². The van der Waals surface area contributed by atoms with Gasteiger partial charge in [0.25, 0.3) is 0 Å². The maximum absolute atomic E-state index is 4.96. The van der Waals surface area contributed by atoms with Crippen molar-refractivity contribution >= 4 is 0 Å². The van der Waals surface area contributed by atoms with Crippen LogP contribution in [0.1, 0.15) is 44.4 Å². The zero-order chi connectivity index (χ0) is 14.8. The predicted molar refractivity (Wildman–Crippen MR) is 86.4 cm³/mol. The standard InChI is InChI=1S/C17H30N4/c1-4-20-8-6-14(11-20)12-21-16-5-7-18-10-15(16)19-17(21)9-13(2)3/h13-14,18H,4-12H2,1-3H3. The molecule has 4 nitrogen and oxygen atoms in total. The maximum Gasteiger partial charge on any atom is 0.109 e. The van der Waals surface area contributed by atoms with E-state index in [0.717, 1.165) is 31.8 Å². The van der Waals surface area contributed by atoms with Gasteiger partial charge in [0.05, 0.1) is 5.69 Å². The molecule has 4 heteroatoms. The number of hydrogen-bond donors (Lipinski definition) is 1. The van der Waals surface area contributed by atoms with Crippen LogP contribution >= 0.6 is 0 Å². The molecule has 1 unspecified atom stereocenters. The summed E-state index contributed by atoms with van der Waals surface area (Å²) in [5.41, 5.74) is 2.82. The minimum absolute atomic E-state index is 0.677. The Labute approximate surface area is 128 Å². The number of likely N-dealkylation sites (tertiary alicyclic amines) is 1. The van der Waals surface area contributed by atoms with Gasteiger partial charge in [-0.15, -0.1) is 0 Å². The third-order valence-electron chi connectivity index (χ3n) is 4.91. The monoisotopic (exact) mass is 290 g/mol. The van der Waals surface area contributed by atoms with E-state index in [9.17, 15) is 0 Å². The van der Waals surface area contributed by atoms with Gasteiger partial charge in [0.2, 0.25) is 0 Å². The van der Waals surface area contributed by atoms with Crippen LogP contribution in [-0.4, -0.2) is 40.6 Å². The van der Waals surface area contributed by atoms with Crippen LogP contribution in [0.2, 0.25) is 0 Å². The second-order valence-electron chi connectivity index (χ2n) is 7.10. The highest BCUT2D eigenvalue weighted by molar-refractivity contribution is 5.21. The highest BCUT2D eigenvalue weighted by Gasteiger charge is 2.26. The number of hydrogen-bond acceptors (Lipinski definition) is 3. The normalized spacial score (nSPS) is 23.0. The molecule has 1 fully saturated rings. The lowest BCUT2D eigenvalue weighted by atomic mass is 10.1. The summed E-state index contributed by atoms with van der Waals surface area (Å²) in [4.78, 5) is 7.54. The van der Waals surface area contributed by atoms with Gasteiger partial charge < -0.3 is 14.8 Å². The first-order valence-electron chi connectivity index (χ1n) is 8.67. The van der Waals surface area contributed by atoms with E-state index < -0.39 is 0 Å². The van der Waals surface area contributed by atoms with Crippen molar-refractivity contribution in [2.45, 2.75) is 53.1 Å². The van der Waals surface area contributed by atoms with Gasteiger partial charge in [0.1, 0.15) is 5.82 Å². The van der Waals surface area contributed by atoms with Crippen molar-refractivity contribution in [2.75, 3.05) is 26.2 Å². The third kappa shape index (κ3) is 3.32. The summed E-state index contributed by atoms with van der Waals surface area (Å²) < 4.78 is 2.58. The minimum atomic E-state index is 0.677. The number of rotatable bonds is 5. The Balaban J connectivity index is 1.80. The summed E-state index contributed by atoms with van der Waals surface area (Å²) in [6, 6.07) is 0. The molecule has 3 rings (SSSR count). The highest BCUT2D eigenvalue weighted by Crippen LogP contribution is 2.24. The van der Waals surface area contributed by atoms with Gasteiger partial charge in [-0.05, 0) is 31.3 Å². The first kappa shape index (κ1) is 15.0. The molecule has 1 atom stereocenters. The van der Waals surface area contributed by atoms with Crippen LogP contribution in [0.25, 0.3) is 0 Å². The van der Waals surface area contributed by atoms with E-state index in [2.05, 4.69) is 35.6 Å². The Kier molecular flexibility index (Phi) is 4.65. The molecular weight excluding hydrogens is 260 g/mol. The zero-order valence-electron chi connectivity index (χ0n) is 13.9. The van der Waals surface area contributed by atoms with Crippen LogP contribution in [0, 0.1) is 11.8 Å². The molecule has 0 saturated carbocycles. The number of nitrogens with one attached hydrogen (secondary N) is 1. The Morgan fingerprint density at radius 1 is 1.38 bits per heavy atom. The topological polar surface area (TPSA) is 33.1 Å². The van der Waals surface area contributed by atoms with Crippen LogP contribution in [0.5, 0.6) is 0 Å². The zero-order valence-corrected chi connectivity index (χ0v) is 13.9. The summed E-state index contributed by atoms with van der Waals surface area (Å²) in [5, 5.41) is 3.46. The van der Waals surface area contributed by atoms with E-state index in [1.165, 1.54) is 49.8 Å². The third-order valence-corrected chi connectivity index (χ3v) is 4.91. The molecule has 1 N–H and O–H groups in total. The predicted octanol–water partition coefficient (Wildman–Crippen LogP) is 2.07. The number of nitrogens with zero attached hydrogens (tertiary/aromatic N) is 3. The van der Waals surface area contributed by atoms with Crippen LogP contribution in [0.3, 0.4) is 0 Å². The van der Waals surface area contributed by atoms with E-state index in [-0.39, 0.29) is 0 Å². The molecule has 2 aliphatic heterocycles. The van der Waals surface area contributed by atoms with Gasteiger partial charge in [0, 0.05) is 44.7 Å². The number of imidazole rings is 1. The quantitative estimate of drug-likeness (QED) is 0.901. The highest BCUT2D eigenvalue weighted by atomic mass is 15.2. The van der Waals surface area contributed by atoms with Crippen molar-refractivity contribution in [2.24, 2.45) is 11.8 Å². The molecule has 0 radical (unpaired) electrons. The van der Waals surface area contributed by atoms with Crippen molar-refractivity contribution in [3.63, 3.8) is 0 Å². The summed E-state index contributed by atoms with van der Waals surface area (Å²) in [5.74, 6) is 2.81. The van der Waals surface area contributed by atoms with Crippen molar-refractivity contribution in [1.82, 2.24) is 19.8 Å². The lowest BCUT2D eigenvalue weighted by Crippen LogP contribution is -2.27. The summed E-state index contributed by atoms with van der Waals surface area (Å²) in [6.45, 7) is 13.8. The van der Waals surface area contributed by atoms with Crippen LogP contribution < -0.4 is 5.32 Å². The molecule has 0 bridgehead atoms. The number of aromatic nitrogens is 2. The lowest BCUT2D eigenvalue weighted by Gasteiger charge is -2.20. The van der Waals surface area contributed by atoms with Gasteiger partial charge in [-0.3, -0.25) is 0 Å². The second-order valence-corrected chi connectivity index (χ2v) is 7.10. The minimum Gasteiger partial charge on any atom is -0.331 e.